The third-order valence-corrected chi connectivity index (χ3v) is 4.42. The molecule has 0 radical (unpaired) electrons. The van der Waals surface area contributed by atoms with Gasteiger partial charge in [-0.1, -0.05) is 18.2 Å². The summed E-state index contributed by atoms with van der Waals surface area (Å²) in [6.07, 6.45) is 6.51. The van der Waals surface area contributed by atoms with Gasteiger partial charge < -0.3 is 15.0 Å². The number of hydrogen-bond acceptors (Lipinski definition) is 3. The molecule has 0 unspecified atom stereocenters. The van der Waals surface area contributed by atoms with Gasteiger partial charge in [0.2, 0.25) is 0 Å². The molecule has 2 aromatic rings. The van der Waals surface area contributed by atoms with Gasteiger partial charge in [-0.15, -0.1) is 24.0 Å². The Bertz CT molecular complexity index is 741. The number of benzene rings is 1. The summed E-state index contributed by atoms with van der Waals surface area (Å²) in [5, 5.41) is 7.60. The lowest BCUT2D eigenvalue weighted by atomic mass is 10.2. The van der Waals surface area contributed by atoms with Gasteiger partial charge in [-0.25, -0.2) is 4.99 Å². The molecule has 1 aliphatic rings. The number of rotatable bonds is 8. The fourth-order valence-corrected chi connectivity index (χ4v) is 2.80. The molecule has 1 aliphatic carbocycles. The van der Waals surface area contributed by atoms with Crippen molar-refractivity contribution in [2.75, 3.05) is 20.2 Å². The Morgan fingerprint density at radius 1 is 1.37 bits per heavy atom. The molecular weight excluding hydrogens is 453 g/mol. The highest BCUT2D eigenvalue weighted by molar-refractivity contribution is 14.0. The second-order valence-electron chi connectivity index (χ2n) is 6.91. The SMILES string of the molecule is CCNC(=NCc1ccccc1OCC1CC1)N(C)Cc1cnn(C)c1.I. The van der Waals surface area contributed by atoms with E-state index < -0.39 is 0 Å². The molecule has 1 fully saturated rings. The minimum atomic E-state index is 0. The summed E-state index contributed by atoms with van der Waals surface area (Å²) in [5.41, 5.74) is 2.28. The van der Waals surface area contributed by atoms with Crippen LogP contribution >= 0.6 is 24.0 Å². The molecular formula is C20H30IN5O. The Hall–Kier alpha value is -1.77. The minimum Gasteiger partial charge on any atom is -0.493 e. The number of ether oxygens (including phenoxy) is 1. The van der Waals surface area contributed by atoms with Crippen LogP contribution in [0.1, 0.15) is 30.9 Å². The van der Waals surface area contributed by atoms with Crippen LogP contribution in [0.3, 0.4) is 0 Å². The Morgan fingerprint density at radius 2 is 2.15 bits per heavy atom. The van der Waals surface area contributed by atoms with E-state index in [9.17, 15) is 0 Å². The number of guanidine groups is 1. The number of aromatic nitrogens is 2. The number of nitrogens with one attached hydrogen (secondary N) is 1. The number of nitrogens with zero attached hydrogens (tertiary/aromatic N) is 4. The molecule has 0 spiro atoms. The molecule has 0 atom stereocenters. The summed E-state index contributed by atoms with van der Waals surface area (Å²) < 4.78 is 7.82. The highest BCUT2D eigenvalue weighted by atomic mass is 127. The van der Waals surface area contributed by atoms with Crippen molar-refractivity contribution >= 4 is 29.9 Å². The third kappa shape index (κ3) is 6.71. The molecule has 0 bridgehead atoms. The van der Waals surface area contributed by atoms with Crippen molar-refractivity contribution in [2.24, 2.45) is 18.0 Å². The van der Waals surface area contributed by atoms with E-state index in [1.807, 2.05) is 49.4 Å². The normalized spacial score (nSPS) is 13.8. The highest BCUT2D eigenvalue weighted by Crippen LogP contribution is 2.30. The van der Waals surface area contributed by atoms with Crippen molar-refractivity contribution in [1.29, 1.82) is 0 Å². The van der Waals surface area contributed by atoms with Gasteiger partial charge in [0.15, 0.2) is 5.96 Å². The van der Waals surface area contributed by atoms with Crippen LogP contribution in [0.25, 0.3) is 0 Å². The summed E-state index contributed by atoms with van der Waals surface area (Å²) in [6, 6.07) is 8.20. The van der Waals surface area contributed by atoms with E-state index in [0.29, 0.717) is 6.54 Å². The zero-order valence-corrected chi connectivity index (χ0v) is 18.7. The summed E-state index contributed by atoms with van der Waals surface area (Å²) in [4.78, 5) is 6.93. The lowest BCUT2D eigenvalue weighted by Gasteiger charge is -2.21. The molecule has 1 aromatic carbocycles. The Kier molecular flexibility index (Phi) is 8.40. The molecule has 0 saturated heterocycles. The predicted molar refractivity (Wildman–Crippen MR) is 120 cm³/mol. The summed E-state index contributed by atoms with van der Waals surface area (Å²) >= 11 is 0. The van der Waals surface area contributed by atoms with Crippen molar-refractivity contribution in [1.82, 2.24) is 20.0 Å². The lowest BCUT2D eigenvalue weighted by molar-refractivity contribution is 0.297. The molecule has 3 rings (SSSR count). The van der Waals surface area contributed by atoms with Gasteiger partial charge in [-0.3, -0.25) is 4.68 Å². The number of halogens is 1. The molecule has 7 heteroatoms. The van der Waals surface area contributed by atoms with E-state index in [1.54, 1.807) is 0 Å². The zero-order chi connectivity index (χ0) is 18.4. The topological polar surface area (TPSA) is 54.7 Å². The standard InChI is InChI=1S/C20H29N5O.HI/c1-4-21-20(24(2)13-17-11-23-25(3)14-17)22-12-18-7-5-6-8-19(18)26-15-16-9-10-16;/h5-8,11,14,16H,4,9-10,12-13,15H2,1-3H3,(H,21,22);1H. The van der Waals surface area contributed by atoms with Crippen LogP contribution in [-0.2, 0) is 20.1 Å². The minimum absolute atomic E-state index is 0. The zero-order valence-electron chi connectivity index (χ0n) is 16.4. The molecule has 1 saturated carbocycles. The van der Waals surface area contributed by atoms with Crippen LogP contribution in [0, 0.1) is 5.92 Å². The third-order valence-electron chi connectivity index (χ3n) is 4.42. The lowest BCUT2D eigenvalue weighted by Crippen LogP contribution is -2.38. The summed E-state index contributed by atoms with van der Waals surface area (Å²) in [5.74, 6) is 2.58. The molecule has 1 aromatic heterocycles. The van der Waals surface area contributed by atoms with Crippen molar-refractivity contribution < 1.29 is 4.74 Å². The smallest absolute Gasteiger partial charge is 0.194 e. The average Bonchev–Trinajstić information content (AvgIpc) is 3.38. The number of hydrogen-bond donors (Lipinski definition) is 1. The monoisotopic (exact) mass is 483 g/mol. The second-order valence-corrected chi connectivity index (χ2v) is 6.91. The van der Waals surface area contributed by atoms with Crippen molar-refractivity contribution in [3.05, 3.63) is 47.8 Å². The molecule has 1 heterocycles. The summed E-state index contributed by atoms with van der Waals surface area (Å²) in [7, 11) is 3.98. The predicted octanol–water partition coefficient (Wildman–Crippen LogP) is 3.42. The molecule has 6 nitrogen and oxygen atoms in total. The number of aryl methyl sites for hydroxylation is 1. The van der Waals surface area contributed by atoms with Crippen LogP contribution in [0.2, 0.25) is 0 Å². The molecule has 148 valence electrons. The van der Waals surface area contributed by atoms with Crippen molar-refractivity contribution in [3.8, 4) is 5.75 Å². The largest absolute Gasteiger partial charge is 0.493 e. The fraction of sp³-hybridized carbons (Fsp3) is 0.500. The maximum atomic E-state index is 6.00. The molecule has 27 heavy (non-hydrogen) atoms. The van der Waals surface area contributed by atoms with E-state index in [2.05, 4.69) is 28.3 Å². The average molecular weight is 483 g/mol. The van der Waals surface area contributed by atoms with Gasteiger partial charge in [0.1, 0.15) is 5.75 Å². The van der Waals surface area contributed by atoms with E-state index in [0.717, 1.165) is 48.5 Å². The number of aliphatic imine (C=N–C) groups is 1. The molecule has 0 amide bonds. The van der Waals surface area contributed by atoms with Gasteiger partial charge in [-0.05, 0) is 31.7 Å². The Balaban J connectivity index is 0.00000261. The first-order valence-electron chi connectivity index (χ1n) is 9.33. The molecule has 1 N–H and O–H groups in total. The number of para-hydroxylation sites is 1. The van der Waals surface area contributed by atoms with Crippen LogP contribution in [0.5, 0.6) is 5.75 Å². The first-order valence-corrected chi connectivity index (χ1v) is 9.33. The Morgan fingerprint density at radius 3 is 2.81 bits per heavy atom. The maximum absolute atomic E-state index is 6.00. The van der Waals surface area contributed by atoms with Gasteiger partial charge >= 0.3 is 0 Å². The van der Waals surface area contributed by atoms with Gasteiger partial charge in [0, 0.05) is 44.5 Å². The van der Waals surface area contributed by atoms with Crippen LogP contribution in [-0.4, -0.2) is 40.8 Å². The maximum Gasteiger partial charge on any atom is 0.194 e. The summed E-state index contributed by atoms with van der Waals surface area (Å²) in [6.45, 7) is 5.10. The van der Waals surface area contributed by atoms with Gasteiger partial charge in [-0.2, -0.15) is 5.10 Å². The van der Waals surface area contributed by atoms with E-state index in [1.165, 1.54) is 12.8 Å². The van der Waals surface area contributed by atoms with E-state index in [-0.39, 0.29) is 24.0 Å². The quantitative estimate of drug-likeness (QED) is 0.355. The Labute approximate surface area is 179 Å². The second kappa shape index (κ2) is 10.5. The van der Waals surface area contributed by atoms with Gasteiger partial charge in [0.25, 0.3) is 0 Å². The van der Waals surface area contributed by atoms with E-state index in [4.69, 9.17) is 9.73 Å². The first kappa shape index (κ1) is 21.5. The van der Waals surface area contributed by atoms with Crippen LogP contribution in [0.4, 0.5) is 0 Å². The highest BCUT2D eigenvalue weighted by Gasteiger charge is 2.22. The van der Waals surface area contributed by atoms with Crippen molar-refractivity contribution in [2.45, 2.75) is 32.9 Å². The van der Waals surface area contributed by atoms with Gasteiger partial charge in [0.05, 0.1) is 19.3 Å². The molecule has 0 aliphatic heterocycles. The fourth-order valence-electron chi connectivity index (χ4n) is 2.80. The first-order chi connectivity index (χ1) is 12.7. The van der Waals surface area contributed by atoms with E-state index >= 15 is 0 Å². The van der Waals surface area contributed by atoms with Crippen LogP contribution in [0.15, 0.2) is 41.7 Å². The van der Waals surface area contributed by atoms with Crippen molar-refractivity contribution in [3.63, 3.8) is 0 Å². The van der Waals surface area contributed by atoms with Crippen LogP contribution < -0.4 is 10.1 Å².